The average Bonchev–Trinajstić information content (AvgIpc) is 3.44. The van der Waals surface area contributed by atoms with Crippen LogP contribution in [0, 0.1) is 0 Å². The van der Waals surface area contributed by atoms with E-state index >= 15 is 0 Å². The van der Waals surface area contributed by atoms with Crippen LogP contribution in [0.3, 0.4) is 0 Å². The molecule has 1 aliphatic carbocycles. The molecule has 0 unspecified atom stereocenters. The molecule has 2 aliphatic rings. The van der Waals surface area contributed by atoms with Crippen LogP contribution in [0.5, 0.6) is 0 Å². The molecule has 170 valence electrons. The van der Waals surface area contributed by atoms with Gasteiger partial charge in [0.15, 0.2) is 11.6 Å². The molecule has 2 heterocycles. The topological polar surface area (TPSA) is 37.4 Å². The number of carbonyl (C=O) groups excluding carboxylic acids is 2. The van der Waals surface area contributed by atoms with Crippen LogP contribution < -0.4 is 4.90 Å². The van der Waals surface area contributed by atoms with E-state index in [-0.39, 0.29) is 17.1 Å². The quantitative estimate of drug-likeness (QED) is 0.184. The summed E-state index contributed by atoms with van der Waals surface area (Å²) in [5, 5.41) is 1.02. The SMILES string of the molecule is O=C1C(=Cc2ccc(N3c4ccccc4-c4ccccc4-c4ccccc43)s2)C(=O)c2ccccc21. The Labute approximate surface area is 212 Å². The van der Waals surface area contributed by atoms with Crippen molar-refractivity contribution in [2.45, 2.75) is 0 Å². The van der Waals surface area contributed by atoms with Gasteiger partial charge in [-0.1, -0.05) is 84.9 Å². The van der Waals surface area contributed by atoms with E-state index in [0.717, 1.165) is 32.4 Å². The number of fused-ring (bicyclic) bond motifs is 6. The maximum absolute atomic E-state index is 12.9. The van der Waals surface area contributed by atoms with E-state index < -0.39 is 0 Å². The molecule has 0 saturated carbocycles. The van der Waals surface area contributed by atoms with E-state index in [2.05, 4.69) is 83.8 Å². The van der Waals surface area contributed by atoms with Crippen LogP contribution in [-0.4, -0.2) is 11.6 Å². The summed E-state index contributed by atoms with van der Waals surface area (Å²) < 4.78 is 0. The smallest absolute Gasteiger partial charge is 0.197 e. The number of ketones is 2. The van der Waals surface area contributed by atoms with Gasteiger partial charge in [-0.15, -0.1) is 11.3 Å². The second kappa shape index (κ2) is 8.01. The number of para-hydroxylation sites is 2. The molecule has 4 heteroatoms. The molecule has 1 aromatic heterocycles. The van der Waals surface area contributed by atoms with E-state index in [4.69, 9.17) is 0 Å². The predicted octanol–water partition coefficient (Wildman–Crippen LogP) is 8.33. The van der Waals surface area contributed by atoms with Gasteiger partial charge < -0.3 is 4.90 Å². The molecule has 5 aromatic rings. The molecule has 0 N–H and O–H groups in total. The lowest BCUT2D eigenvalue weighted by Gasteiger charge is -2.25. The summed E-state index contributed by atoms with van der Waals surface area (Å²) in [6.45, 7) is 0. The number of rotatable bonds is 2. The van der Waals surface area contributed by atoms with Gasteiger partial charge in [-0.3, -0.25) is 9.59 Å². The van der Waals surface area contributed by atoms with Crippen molar-refractivity contribution >= 4 is 45.4 Å². The zero-order valence-corrected chi connectivity index (χ0v) is 20.0. The van der Waals surface area contributed by atoms with Crippen molar-refractivity contribution in [3.05, 3.63) is 131 Å². The van der Waals surface area contributed by atoms with Gasteiger partial charge in [-0.25, -0.2) is 0 Å². The molecule has 0 atom stereocenters. The minimum Gasteiger partial charge on any atom is -0.301 e. The molecule has 0 radical (unpaired) electrons. The molecule has 0 spiro atoms. The highest BCUT2D eigenvalue weighted by atomic mass is 32.1. The van der Waals surface area contributed by atoms with Crippen molar-refractivity contribution in [1.29, 1.82) is 0 Å². The number of allylic oxidation sites excluding steroid dienone is 1. The largest absolute Gasteiger partial charge is 0.301 e. The fourth-order valence-electron chi connectivity index (χ4n) is 5.20. The predicted molar refractivity (Wildman–Crippen MR) is 147 cm³/mol. The van der Waals surface area contributed by atoms with Gasteiger partial charge >= 0.3 is 0 Å². The number of Topliss-reactive ketones (excluding diaryl/α,β-unsaturated/α-hetero) is 2. The highest BCUT2D eigenvalue weighted by molar-refractivity contribution is 7.17. The number of nitrogens with zero attached hydrogens (tertiary/aromatic N) is 1. The number of hydrogen-bond acceptors (Lipinski definition) is 4. The highest BCUT2D eigenvalue weighted by Crippen LogP contribution is 2.51. The fraction of sp³-hybridized carbons (Fsp3) is 0. The van der Waals surface area contributed by atoms with Crippen LogP contribution in [0.1, 0.15) is 25.6 Å². The summed E-state index contributed by atoms with van der Waals surface area (Å²) in [6.07, 6.45) is 1.74. The van der Waals surface area contributed by atoms with Gasteiger partial charge in [-0.2, -0.15) is 0 Å². The molecule has 0 bridgehead atoms. The second-order valence-electron chi connectivity index (χ2n) is 8.85. The zero-order chi connectivity index (χ0) is 24.2. The van der Waals surface area contributed by atoms with E-state index in [9.17, 15) is 9.59 Å². The van der Waals surface area contributed by atoms with Crippen molar-refractivity contribution in [2.24, 2.45) is 0 Å². The van der Waals surface area contributed by atoms with E-state index in [0.29, 0.717) is 11.1 Å². The molecule has 0 saturated heterocycles. The summed E-state index contributed by atoms with van der Waals surface area (Å²) in [5.74, 6) is -0.405. The first-order valence-electron chi connectivity index (χ1n) is 11.8. The van der Waals surface area contributed by atoms with Crippen LogP contribution in [-0.2, 0) is 0 Å². The van der Waals surface area contributed by atoms with Crippen LogP contribution in [0.15, 0.2) is 115 Å². The molecule has 1 aliphatic heterocycles. The molecular formula is C32H19NO2S. The normalized spacial score (nSPS) is 13.6. The lowest BCUT2D eigenvalue weighted by molar-refractivity contribution is 0.0990. The third kappa shape index (κ3) is 3.05. The zero-order valence-electron chi connectivity index (χ0n) is 19.1. The molecule has 7 rings (SSSR count). The first-order chi connectivity index (χ1) is 17.7. The second-order valence-corrected chi connectivity index (χ2v) is 9.95. The average molecular weight is 482 g/mol. The third-order valence-electron chi connectivity index (χ3n) is 6.82. The molecular weight excluding hydrogens is 462 g/mol. The van der Waals surface area contributed by atoms with Gasteiger partial charge in [0.1, 0.15) is 5.00 Å². The van der Waals surface area contributed by atoms with Gasteiger partial charge in [0.25, 0.3) is 0 Å². The minimum absolute atomic E-state index is 0.202. The number of thiophene rings is 1. The molecule has 3 nitrogen and oxygen atoms in total. The summed E-state index contributed by atoms with van der Waals surface area (Å²) >= 11 is 1.57. The van der Waals surface area contributed by atoms with Crippen molar-refractivity contribution in [3.63, 3.8) is 0 Å². The lowest BCUT2D eigenvalue weighted by atomic mass is 9.95. The van der Waals surface area contributed by atoms with Crippen molar-refractivity contribution in [2.75, 3.05) is 4.90 Å². The monoisotopic (exact) mass is 481 g/mol. The number of benzene rings is 4. The molecule has 0 fully saturated rings. The van der Waals surface area contributed by atoms with Crippen LogP contribution in [0.25, 0.3) is 28.3 Å². The number of anilines is 3. The maximum atomic E-state index is 12.9. The van der Waals surface area contributed by atoms with Gasteiger partial charge in [0, 0.05) is 27.1 Å². The van der Waals surface area contributed by atoms with Crippen molar-refractivity contribution in [1.82, 2.24) is 0 Å². The summed E-state index contributed by atoms with van der Waals surface area (Å²) in [5.41, 5.74) is 8.10. The van der Waals surface area contributed by atoms with Crippen molar-refractivity contribution in [3.8, 4) is 22.3 Å². The van der Waals surface area contributed by atoms with Crippen LogP contribution in [0.4, 0.5) is 16.4 Å². The molecule has 4 aromatic carbocycles. The third-order valence-corrected chi connectivity index (χ3v) is 7.84. The standard InChI is InChI=1S/C32H19NO2S/c34-31-25-13-3-4-14-26(25)32(35)27(31)19-20-17-18-30(36-20)33-28-15-7-5-11-23(28)21-9-1-2-10-22(21)24-12-6-8-16-29(24)33/h1-19H. The maximum Gasteiger partial charge on any atom is 0.197 e. The van der Waals surface area contributed by atoms with Gasteiger partial charge in [0.05, 0.1) is 16.9 Å². The Hall–Kier alpha value is -4.54. The number of hydrogen-bond donors (Lipinski definition) is 0. The van der Waals surface area contributed by atoms with Gasteiger partial charge in [-0.05, 0) is 41.5 Å². The Kier molecular flexibility index (Phi) is 4.63. The Balaban J connectivity index is 1.38. The Morgan fingerprint density at radius 2 is 0.944 bits per heavy atom. The summed E-state index contributed by atoms with van der Waals surface area (Å²) in [7, 11) is 0. The first kappa shape index (κ1) is 20.8. The first-order valence-corrected chi connectivity index (χ1v) is 12.6. The van der Waals surface area contributed by atoms with E-state index in [1.54, 1.807) is 41.7 Å². The number of carbonyl (C=O) groups is 2. The molecule has 0 amide bonds. The minimum atomic E-state index is -0.202. The Bertz CT molecular complexity index is 1640. The van der Waals surface area contributed by atoms with E-state index in [1.165, 1.54) is 11.1 Å². The lowest BCUT2D eigenvalue weighted by Crippen LogP contribution is -2.09. The Morgan fingerprint density at radius 3 is 1.47 bits per heavy atom. The van der Waals surface area contributed by atoms with Crippen LogP contribution >= 0.6 is 11.3 Å². The highest BCUT2D eigenvalue weighted by Gasteiger charge is 2.33. The summed E-state index contributed by atoms with van der Waals surface area (Å²) in [4.78, 5) is 29.0. The molecule has 36 heavy (non-hydrogen) atoms. The van der Waals surface area contributed by atoms with Gasteiger partial charge in [0.2, 0.25) is 0 Å². The summed E-state index contributed by atoms with van der Waals surface area (Å²) in [6, 6.07) is 36.5. The fourth-order valence-corrected chi connectivity index (χ4v) is 6.18. The van der Waals surface area contributed by atoms with Crippen LogP contribution in [0.2, 0.25) is 0 Å². The Morgan fingerprint density at radius 1 is 0.500 bits per heavy atom. The van der Waals surface area contributed by atoms with E-state index in [1.807, 2.05) is 6.07 Å². The van der Waals surface area contributed by atoms with Crippen molar-refractivity contribution < 1.29 is 9.59 Å².